The second kappa shape index (κ2) is 7.61. The predicted molar refractivity (Wildman–Crippen MR) is 85.9 cm³/mol. The maximum atomic E-state index is 12.3. The van der Waals surface area contributed by atoms with Crippen LogP contribution in [0.1, 0.15) is 34.6 Å². The monoisotopic (exact) mass is 318 g/mol. The summed E-state index contributed by atoms with van der Waals surface area (Å²) in [5.74, 6) is -0.175. The smallest absolute Gasteiger partial charge is 0.255 e. The maximum absolute atomic E-state index is 12.3. The van der Waals surface area contributed by atoms with Gasteiger partial charge >= 0.3 is 0 Å². The van der Waals surface area contributed by atoms with Gasteiger partial charge in [-0.2, -0.15) is 0 Å². The molecule has 5 nitrogen and oxygen atoms in total. The van der Waals surface area contributed by atoms with E-state index in [1.54, 1.807) is 35.6 Å². The zero-order chi connectivity index (χ0) is 15.9. The second-order valence-corrected chi connectivity index (χ2v) is 5.71. The number of carbonyl (C=O) groups is 2. The lowest BCUT2D eigenvalue weighted by atomic mass is 10.1. The van der Waals surface area contributed by atoms with Crippen molar-refractivity contribution in [3.63, 3.8) is 0 Å². The molecule has 1 heterocycles. The van der Waals surface area contributed by atoms with Gasteiger partial charge in [-0.25, -0.2) is 0 Å². The molecule has 1 aromatic heterocycles. The van der Waals surface area contributed by atoms with E-state index in [0.29, 0.717) is 11.3 Å². The fraction of sp³-hybridized carbons (Fsp3) is 0.250. The molecule has 116 valence electrons. The fourth-order valence-electron chi connectivity index (χ4n) is 1.96. The molecular weight excluding hydrogens is 300 g/mol. The molecule has 22 heavy (non-hydrogen) atoms. The van der Waals surface area contributed by atoms with Crippen LogP contribution in [0, 0.1) is 0 Å². The van der Waals surface area contributed by atoms with Crippen molar-refractivity contribution >= 4 is 23.2 Å². The van der Waals surface area contributed by atoms with E-state index < -0.39 is 5.91 Å². The number of amides is 2. The third-order valence-corrected chi connectivity index (χ3v) is 4.08. The highest BCUT2D eigenvalue weighted by atomic mass is 32.1. The normalized spacial score (nSPS) is 11.7. The van der Waals surface area contributed by atoms with Gasteiger partial charge in [-0.15, -0.1) is 11.3 Å². The Bertz CT molecular complexity index is 623. The van der Waals surface area contributed by atoms with E-state index in [0.717, 1.165) is 11.3 Å². The van der Waals surface area contributed by atoms with E-state index >= 15 is 0 Å². The molecule has 0 saturated heterocycles. The Hall–Kier alpha value is -2.34. The number of carbonyl (C=O) groups excluding carboxylic acids is 2. The Labute approximate surface area is 133 Å². The van der Waals surface area contributed by atoms with Crippen LogP contribution < -0.4 is 15.8 Å². The minimum atomic E-state index is -0.538. The molecule has 0 aliphatic carbocycles. The van der Waals surface area contributed by atoms with Crippen molar-refractivity contribution in [2.24, 2.45) is 5.73 Å². The summed E-state index contributed by atoms with van der Waals surface area (Å²) in [4.78, 5) is 24.1. The van der Waals surface area contributed by atoms with Crippen LogP contribution in [-0.2, 0) is 4.79 Å². The lowest BCUT2D eigenvalue weighted by Crippen LogP contribution is -2.27. The van der Waals surface area contributed by atoms with Crippen molar-refractivity contribution in [3.8, 4) is 5.75 Å². The molecule has 1 unspecified atom stereocenters. The van der Waals surface area contributed by atoms with Gasteiger partial charge in [-0.05, 0) is 42.1 Å². The van der Waals surface area contributed by atoms with Crippen LogP contribution in [0.15, 0.2) is 41.8 Å². The molecule has 0 aliphatic rings. The Morgan fingerprint density at radius 1 is 1.27 bits per heavy atom. The highest BCUT2D eigenvalue weighted by molar-refractivity contribution is 7.10. The number of nitrogens with one attached hydrogen (secondary N) is 1. The van der Waals surface area contributed by atoms with Crippen LogP contribution in [0.5, 0.6) is 5.75 Å². The Balaban J connectivity index is 1.98. The topological polar surface area (TPSA) is 81.4 Å². The lowest BCUT2D eigenvalue weighted by molar-refractivity contribution is -0.119. The fourth-order valence-corrected chi connectivity index (χ4v) is 2.82. The standard InChI is InChI=1S/C16H18N2O3S/c1-2-13(14-4-3-9-22-14)18-16(20)11-5-7-12(8-6-11)21-10-15(17)19/h3-9,13H,2,10H2,1H3,(H2,17,19)(H,18,20). The van der Waals surface area contributed by atoms with Gasteiger partial charge in [-0.3, -0.25) is 9.59 Å². The summed E-state index contributed by atoms with van der Waals surface area (Å²) in [6.07, 6.45) is 0.825. The van der Waals surface area contributed by atoms with Gasteiger partial charge in [0.2, 0.25) is 0 Å². The van der Waals surface area contributed by atoms with Gasteiger partial charge in [0.25, 0.3) is 11.8 Å². The average Bonchev–Trinajstić information content (AvgIpc) is 3.05. The third kappa shape index (κ3) is 4.33. The SMILES string of the molecule is CCC(NC(=O)c1ccc(OCC(N)=O)cc1)c1cccs1. The first kappa shape index (κ1) is 16.0. The van der Waals surface area contributed by atoms with Crippen molar-refractivity contribution in [2.45, 2.75) is 19.4 Å². The summed E-state index contributed by atoms with van der Waals surface area (Å²) in [7, 11) is 0. The summed E-state index contributed by atoms with van der Waals surface area (Å²) in [6.45, 7) is 1.85. The number of primary amides is 1. The molecule has 1 aromatic carbocycles. The summed E-state index contributed by atoms with van der Waals surface area (Å²) in [6, 6.07) is 10.6. The van der Waals surface area contributed by atoms with E-state index in [-0.39, 0.29) is 18.6 Å². The van der Waals surface area contributed by atoms with Crippen LogP contribution >= 0.6 is 11.3 Å². The molecule has 0 fully saturated rings. The number of rotatable bonds is 7. The maximum Gasteiger partial charge on any atom is 0.255 e. The molecule has 0 saturated carbocycles. The van der Waals surface area contributed by atoms with Crippen LogP contribution in [0.3, 0.4) is 0 Å². The van der Waals surface area contributed by atoms with Crippen molar-refractivity contribution in [2.75, 3.05) is 6.61 Å². The molecule has 2 rings (SSSR count). The molecule has 3 N–H and O–H groups in total. The first-order valence-electron chi connectivity index (χ1n) is 6.95. The van der Waals surface area contributed by atoms with Gasteiger partial charge in [0.15, 0.2) is 6.61 Å². The molecular formula is C16H18N2O3S. The zero-order valence-electron chi connectivity index (χ0n) is 12.2. The number of benzene rings is 1. The highest BCUT2D eigenvalue weighted by Crippen LogP contribution is 2.22. The van der Waals surface area contributed by atoms with Crippen molar-refractivity contribution < 1.29 is 14.3 Å². The Kier molecular flexibility index (Phi) is 5.55. The van der Waals surface area contributed by atoms with Crippen LogP contribution in [0.2, 0.25) is 0 Å². The van der Waals surface area contributed by atoms with Gasteiger partial charge in [0.05, 0.1) is 6.04 Å². The van der Waals surface area contributed by atoms with Gasteiger partial charge in [0.1, 0.15) is 5.75 Å². The summed E-state index contributed by atoms with van der Waals surface area (Å²) in [5, 5.41) is 5.01. The number of thiophene rings is 1. The molecule has 0 aliphatic heterocycles. The van der Waals surface area contributed by atoms with E-state index in [4.69, 9.17) is 10.5 Å². The van der Waals surface area contributed by atoms with Crippen LogP contribution in [0.4, 0.5) is 0 Å². The first-order chi connectivity index (χ1) is 10.6. The van der Waals surface area contributed by atoms with Crippen molar-refractivity contribution in [1.82, 2.24) is 5.32 Å². The Morgan fingerprint density at radius 3 is 2.55 bits per heavy atom. The first-order valence-corrected chi connectivity index (χ1v) is 7.83. The van der Waals surface area contributed by atoms with E-state index in [9.17, 15) is 9.59 Å². The second-order valence-electron chi connectivity index (χ2n) is 4.73. The summed E-state index contributed by atoms with van der Waals surface area (Å²) < 4.78 is 5.16. The van der Waals surface area contributed by atoms with Gasteiger partial charge in [-0.1, -0.05) is 13.0 Å². The molecule has 2 amide bonds. The minimum absolute atomic E-state index is 0.0123. The van der Waals surface area contributed by atoms with Gasteiger partial charge < -0.3 is 15.8 Å². The molecule has 0 spiro atoms. The van der Waals surface area contributed by atoms with E-state index in [1.165, 1.54) is 0 Å². The zero-order valence-corrected chi connectivity index (χ0v) is 13.1. The average molecular weight is 318 g/mol. The molecule has 1 atom stereocenters. The molecule has 2 aromatic rings. The number of ether oxygens (including phenoxy) is 1. The molecule has 6 heteroatoms. The summed E-state index contributed by atoms with van der Waals surface area (Å²) in [5.41, 5.74) is 5.55. The van der Waals surface area contributed by atoms with E-state index in [1.807, 2.05) is 24.4 Å². The minimum Gasteiger partial charge on any atom is -0.484 e. The molecule has 0 radical (unpaired) electrons. The van der Waals surface area contributed by atoms with Crippen LogP contribution in [0.25, 0.3) is 0 Å². The highest BCUT2D eigenvalue weighted by Gasteiger charge is 2.14. The quantitative estimate of drug-likeness (QED) is 0.823. The number of hydrogen-bond donors (Lipinski definition) is 2. The summed E-state index contributed by atoms with van der Waals surface area (Å²) >= 11 is 1.63. The number of hydrogen-bond acceptors (Lipinski definition) is 4. The van der Waals surface area contributed by atoms with E-state index in [2.05, 4.69) is 5.32 Å². The largest absolute Gasteiger partial charge is 0.484 e. The predicted octanol–water partition coefficient (Wildman–Crippen LogP) is 2.49. The lowest BCUT2D eigenvalue weighted by Gasteiger charge is -2.15. The number of nitrogens with two attached hydrogens (primary N) is 1. The third-order valence-electron chi connectivity index (χ3n) is 3.10. The van der Waals surface area contributed by atoms with Crippen molar-refractivity contribution in [3.05, 3.63) is 52.2 Å². The Morgan fingerprint density at radius 2 is 2.00 bits per heavy atom. The van der Waals surface area contributed by atoms with Crippen LogP contribution in [-0.4, -0.2) is 18.4 Å². The van der Waals surface area contributed by atoms with Gasteiger partial charge in [0, 0.05) is 10.4 Å². The molecule has 0 bridgehead atoms. The van der Waals surface area contributed by atoms with Crippen molar-refractivity contribution in [1.29, 1.82) is 0 Å².